The van der Waals surface area contributed by atoms with Gasteiger partial charge in [0.15, 0.2) is 5.82 Å². The molecule has 0 unspecified atom stereocenters. The second-order valence-corrected chi connectivity index (χ2v) is 5.14. The van der Waals surface area contributed by atoms with Gasteiger partial charge in [-0.2, -0.15) is 18.3 Å². The molecule has 1 aromatic carbocycles. The summed E-state index contributed by atoms with van der Waals surface area (Å²) in [4.78, 5) is 15.9. The number of rotatable bonds is 3. The Balaban J connectivity index is 1.84. The summed E-state index contributed by atoms with van der Waals surface area (Å²) >= 11 is 0. The number of nitrogen functional groups attached to an aromatic ring is 1. The van der Waals surface area contributed by atoms with Gasteiger partial charge < -0.3 is 11.1 Å². The summed E-state index contributed by atoms with van der Waals surface area (Å²) in [5, 5.41) is 8.81. The van der Waals surface area contributed by atoms with Crippen LogP contribution in [0.15, 0.2) is 48.7 Å². The van der Waals surface area contributed by atoms with Crippen molar-refractivity contribution < 1.29 is 18.0 Å². The number of halogens is 3. The maximum atomic E-state index is 13.1. The Morgan fingerprint density at radius 2 is 1.92 bits per heavy atom. The smallest absolute Gasteiger partial charge is 0.384 e. The number of aromatic nitrogens is 3. The molecule has 3 rings (SSSR count). The van der Waals surface area contributed by atoms with Gasteiger partial charge in [-0.25, -0.2) is 4.98 Å². The minimum absolute atomic E-state index is 0.0582. The molecule has 25 heavy (non-hydrogen) atoms. The molecule has 9 heteroatoms. The lowest BCUT2D eigenvalue weighted by atomic mass is 10.0. The number of benzene rings is 1. The van der Waals surface area contributed by atoms with E-state index in [1.807, 2.05) is 0 Å². The van der Waals surface area contributed by atoms with Gasteiger partial charge in [0.1, 0.15) is 5.82 Å². The third-order valence-corrected chi connectivity index (χ3v) is 3.39. The summed E-state index contributed by atoms with van der Waals surface area (Å²) in [5.74, 6) is -0.147. The zero-order valence-corrected chi connectivity index (χ0v) is 12.6. The van der Waals surface area contributed by atoms with Gasteiger partial charge in [-0.3, -0.25) is 9.89 Å². The predicted molar refractivity (Wildman–Crippen MR) is 85.6 cm³/mol. The van der Waals surface area contributed by atoms with Crippen LogP contribution >= 0.6 is 0 Å². The van der Waals surface area contributed by atoms with E-state index in [2.05, 4.69) is 20.5 Å². The van der Waals surface area contributed by atoms with Gasteiger partial charge in [-0.05, 0) is 18.2 Å². The lowest BCUT2D eigenvalue weighted by Gasteiger charge is -2.10. The van der Waals surface area contributed by atoms with Crippen LogP contribution in [0.4, 0.5) is 24.8 Å². The van der Waals surface area contributed by atoms with Crippen LogP contribution in [0.1, 0.15) is 15.9 Å². The monoisotopic (exact) mass is 347 g/mol. The zero-order chi connectivity index (χ0) is 18.0. The molecule has 0 saturated heterocycles. The zero-order valence-electron chi connectivity index (χ0n) is 12.6. The van der Waals surface area contributed by atoms with E-state index in [9.17, 15) is 18.0 Å². The van der Waals surface area contributed by atoms with Crippen molar-refractivity contribution >= 4 is 17.5 Å². The molecule has 0 saturated carbocycles. The molecule has 0 bridgehead atoms. The number of H-pyrrole nitrogens is 1. The topological polar surface area (TPSA) is 96.7 Å². The number of carbonyl (C=O) groups excluding carboxylic acids is 1. The average molecular weight is 347 g/mol. The lowest BCUT2D eigenvalue weighted by Crippen LogP contribution is -2.12. The first-order valence-electron chi connectivity index (χ1n) is 7.09. The van der Waals surface area contributed by atoms with Gasteiger partial charge in [-0.1, -0.05) is 18.2 Å². The Morgan fingerprint density at radius 3 is 2.60 bits per heavy atom. The highest BCUT2D eigenvalue weighted by atomic mass is 19.4. The summed E-state index contributed by atoms with van der Waals surface area (Å²) in [5.41, 5.74) is 4.98. The molecule has 0 aliphatic heterocycles. The number of nitrogens with zero attached hydrogens (tertiary/aromatic N) is 2. The summed E-state index contributed by atoms with van der Waals surface area (Å²) in [7, 11) is 0. The highest BCUT2D eigenvalue weighted by molar-refractivity contribution is 6.03. The van der Waals surface area contributed by atoms with Crippen LogP contribution in [-0.4, -0.2) is 21.1 Å². The first-order chi connectivity index (χ1) is 11.8. The van der Waals surface area contributed by atoms with Crippen molar-refractivity contribution in [2.45, 2.75) is 6.18 Å². The van der Waals surface area contributed by atoms with Crippen molar-refractivity contribution in [2.75, 3.05) is 11.1 Å². The molecule has 0 spiro atoms. The van der Waals surface area contributed by atoms with Gasteiger partial charge in [0.25, 0.3) is 5.91 Å². The molecular weight excluding hydrogens is 335 g/mol. The van der Waals surface area contributed by atoms with Crippen LogP contribution in [0.5, 0.6) is 0 Å². The fourth-order valence-electron chi connectivity index (χ4n) is 2.22. The third-order valence-electron chi connectivity index (χ3n) is 3.39. The van der Waals surface area contributed by atoms with Gasteiger partial charge >= 0.3 is 6.18 Å². The number of amides is 1. The Bertz CT molecular complexity index is 903. The molecule has 1 amide bonds. The number of carbonyl (C=O) groups is 1. The van der Waals surface area contributed by atoms with Crippen molar-refractivity contribution in [1.82, 2.24) is 15.2 Å². The number of nitrogens with two attached hydrogens (primary N) is 1. The van der Waals surface area contributed by atoms with Crippen LogP contribution in [0, 0.1) is 0 Å². The Labute approximate surface area is 139 Å². The maximum Gasteiger partial charge on any atom is 0.417 e. The number of nitrogens with one attached hydrogen (secondary N) is 2. The molecular formula is C16H12F3N5O. The van der Waals surface area contributed by atoms with E-state index in [0.29, 0.717) is 0 Å². The van der Waals surface area contributed by atoms with Crippen LogP contribution < -0.4 is 11.1 Å². The first kappa shape index (κ1) is 16.5. The van der Waals surface area contributed by atoms with Crippen molar-refractivity contribution in [3.05, 3.63) is 59.8 Å². The van der Waals surface area contributed by atoms with Crippen molar-refractivity contribution in [3.8, 4) is 11.3 Å². The number of pyridine rings is 1. The Morgan fingerprint density at radius 1 is 1.16 bits per heavy atom. The molecule has 2 aromatic heterocycles. The number of hydrogen-bond acceptors (Lipinski definition) is 4. The normalized spacial score (nSPS) is 11.3. The molecule has 0 atom stereocenters. The lowest BCUT2D eigenvalue weighted by molar-refractivity contribution is -0.137. The molecule has 6 nitrogen and oxygen atoms in total. The summed E-state index contributed by atoms with van der Waals surface area (Å²) < 4.78 is 39.3. The van der Waals surface area contributed by atoms with Crippen molar-refractivity contribution in [3.63, 3.8) is 0 Å². The van der Waals surface area contributed by atoms with Crippen molar-refractivity contribution in [2.24, 2.45) is 0 Å². The van der Waals surface area contributed by atoms with Gasteiger partial charge in [0, 0.05) is 17.8 Å². The summed E-state index contributed by atoms with van der Waals surface area (Å²) in [6.07, 6.45) is -3.21. The van der Waals surface area contributed by atoms with E-state index in [0.717, 1.165) is 6.07 Å². The Hall–Kier alpha value is -3.36. The minimum Gasteiger partial charge on any atom is -0.384 e. The highest BCUT2D eigenvalue weighted by Gasteiger charge is 2.33. The maximum absolute atomic E-state index is 13.1. The van der Waals surface area contributed by atoms with Gasteiger partial charge in [-0.15, -0.1) is 0 Å². The number of hydrogen-bond donors (Lipinski definition) is 3. The molecule has 128 valence electrons. The predicted octanol–water partition coefficient (Wildman–Crippen LogP) is 3.33. The molecule has 0 aliphatic rings. The van der Waals surface area contributed by atoms with E-state index in [1.165, 1.54) is 42.6 Å². The fourth-order valence-corrected chi connectivity index (χ4v) is 2.22. The SMILES string of the molecule is Nc1ccc(C(=O)Nc2cc(-c3ccccc3C(F)(F)F)[nH]n2)cn1. The van der Waals surface area contributed by atoms with Crippen LogP contribution in [-0.2, 0) is 6.18 Å². The largest absolute Gasteiger partial charge is 0.417 e. The van der Waals surface area contributed by atoms with E-state index in [4.69, 9.17) is 5.73 Å². The van der Waals surface area contributed by atoms with E-state index in [-0.39, 0.29) is 28.5 Å². The van der Waals surface area contributed by atoms with Gasteiger partial charge in [0.05, 0.1) is 16.8 Å². The number of aromatic amines is 1. The standard InChI is InChI=1S/C16H12F3N5O/c17-16(18,19)11-4-2-1-3-10(11)12-7-14(24-23-12)22-15(25)9-5-6-13(20)21-8-9/h1-8H,(H2,20,21)(H2,22,23,24,25). The van der Waals surface area contributed by atoms with Crippen LogP contribution in [0.2, 0.25) is 0 Å². The third kappa shape index (κ3) is 3.60. The van der Waals surface area contributed by atoms with Crippen LogP contribution in [0.25, 0.3) is 11.3 Å². The quantitative estimate of drug-likeness (QED) is 0.677. The molecule has 0 aliphatic carbocycles. The van der Waals surface area contributed by atoms with E-state index >= 15 is 0 Å². The number of anilines is 2. The van der Waals surface area contributed by atoms with Crippen molar-refractivity contribution in [1.29, 1.82) is 0 Å². The minimum atomic E-state index is -4.50. The van der Waals surface area contributed by atoms with E-state index in [1.54, 1.807) is 0 Å². The Kier molecular flexibility index (Phi) is 4.14. The molecule has 2 heterocycles. The molecule has 0 fully saturated rings. The molecule has 4 N–H and O–H groups in total. The molecule has 0 radical (unpaired) electrons. The van der Waals surface area contributed by atoms with E-state index < -0.39 is 17.6 Å². The number of alkyl halides is 3. The summed E-state index contributed by atoms with van der Waals surface area (Å²) in [6, 6.07) is 9.37. The average Bonchev–Trinajstić information content (AvgIpc) is 3.03. The first-order valence-corrected chi connectivity index (χ1v) is 7.09. The molecule has 3 aromatic rings. The second-order valence-electron chi connectivity index (χ2n) is 5.14. The van der Waals surface area contributed by atoms with Crippen LogP contribution in [0.3, 0.4) is 0 Å². The summed E-state index contributed by atoms with van der Waals surface area (Å²) in [6.45, 7) is 0. The van der Waals surface area contributed by atoms with Gasteiger partial charge in [0.2, 0.25) is 0 Å². The highest BCUT2D eigenvalue weighted by Crippen LogP contribution is 2.36. The fraction of sp³-hybridized carbons (Fsp3) is 0.0625. The second kappa shape index (κ2) is 6.27.